The van der Waals surface area contributed by atoms with Gasteiger partial charge in [0.15, 0.2) is 0 Å². The van der Waals surface area contributed by atoms with Gasteiger partial charge in [-0.2, -0.15) is 5.10 Å². The lowest BCUT2D eigenvalue weighted by Crippen LogP contribution is -1.84. The smallest absolute Gasteiger partial charge is 0.213 e. The zero-order valence-electron chi connectivity index (χ0n) is 12.2. The highest BCUT2D eigenvalue weighted by molar-refractivity contribution is 9.10. The third kappa shape index (κ3) is 2.75. The van der Waals surface area contributed by atoms with Gasteiger partial charge in [-0.1, -0.05) is 39.4 Å². The molecule has 4 nitrogen and oxygen atoms in total. The molecule has 23 heavy (non-hydrogen) atoms. The molecule has 2 aromatic carbocycles. The summed E-state index contributed by atoms with van der Waals surface area (Å²) >= 11 is 5.03. The summed E-state index contributed by atoms with van der Waals surface area (Å²) in [6.07, 6.45) is 1.95. The number of nitrogens with zero attached hydrogens (tertiary/aromatic N) is 3. The number of rotatable bonds is 3. The number of imidazole rings is 1. The molecule has 0 bridgehead atoms. The summed E-state index contributed by atoms with van der Waals surface area (Å²) in [5, 5.41) is 5.58. The van der Waals surface area contributed by atoms with Crippen LogP contribution in [0.3, 0.4) is 0 Å². The van der Waals surface area contributed by atoms with Gasteiger partial charge in [0, 0.05) is 15.6 Å². The number of ether oxygens (including phenoxy) is 1. The molecule has 0 amide bonds. The minimum absolute atomic E-state index is 0.838. The first-order valence-corrected chi connectivity index (χ1v) is 8.60. The van der Waals surface area contributed by atoms with E-state index in [0.717, 1.165) is 37.0 Å². The summed E-state index contributed by atoms with van der Waals surface area (Å²) in [5.74, 6) is 0.838. The lowest BCUT2D eigenvalue weighted by Gasteiger charge is -2.00. The number of hydrogen-bond acceptors (Lipinski definition) is 4. The Balaban J connectivity index is 1.69. The van der Waals surface area contributed by atoms with E-state index in [0.29, 0.717) is 0 Å². The molecule has 114 valence electrons. The lowest BCUT2D eigenvalue weighted by atomic mass is 10.2. The predicted octanol–water partition coefficient (Wildman–Crippen LogP) is 4.90. The van der Waals surface area contributed by atoms with Crippen LogP contribution in [-0.2, 0) is 0 Å². The van der Waals surface area contributed by atoms with Crippen LogP contribution >= 0.6 is 27.3 Å². The van der Waals surface area contributed by atoms with E-state index in [2.05, 4.69) is 26.0 Å². The van der Waals surface area contributed by atoms with Crippen LogP contribution in [0.1, 0.15) is 0 Å². The van der Waals surface area contributed by atoms with Gasteiger partial charge in [0.25, 0.3) is 0 Å². The van der Waals surface area contributed by atoms with Crippen LogP contribution in [0.4, 0.5) is 0 Å². The van der Waals surface area contributed by atoms with Crippen LogP contribution in [0, 0.1) is 0 Å². The standard InChI is InChI=1S/C17H12BrN3OS/c1-22-14-8-4-11(5-9-14)15-10-21-17(19-15)23-16(20-21)12-2-6-13(18)7-3-12/h2-10H,1H3. The third-order valence-corrected chi connectivity index (χ3v) is 5.02. The number of benzene rings is 2. The molecule has 0 N–H and O–H groups in total. The minimum atomic E-state index is 0.838. The van der Waals surface area contributed by atoms with Crippen LogP contribution in [0.25, 0.3) is 26.8 Å². The molecule has 0 radical (unpaired) electrons. The fraction of sp³-hybridized carbons (Fsp3) is 0.0588. The van der Waals surface area contributed by atoms with Crippen LogP contribution < -0.4 is 4.74 Å². The van der Waals surface area contributed by atoms with Gasteiger partial charge in [-0.3, -0.25) is 0 Å². The van der Waals surface area contributed by atoms with E-state index in [1.54, 1.807) is 18.4 Å². The van der Waals surface area contributed by atoms with E-state index in [4.69, 9.17) is 4.74 Å². The van der Waals surface area contributed by atoms with Gasteiger partial charge in [-0.15, -0.1) is 0 Å². The quantitative estimate of drug-likeness (QED) is 0.503. The summed E-state index contributed by atoms with van der Waals surface area (Å²) in [6, 6.07) is 16.0. The highest BCUT2D eigenvalue weighted by Gasteiger charge is 2.11. The molecule has 0 spiro atoms. The molecule has 4 aromatic rings. The Hall–Kier alpha value is -2.18. The lowest BCUT2D eigenvalue weighted by molar-refractivity contribution is 0.415. The molecule has 0 aliphatic rings. The molecule has 0 aliphatic heterocycles. The van der Waals surface area contributed by atoms with Crippen molar-refractivity contribution in [2.45, 2.75) is 0 Å². The SMILES string of the molecule is COc1ccc(-c2cn3nc(-c4ccc(Br)cc4)sc3n2)cc1. The van der Waals surface area contributed by atoms with Crippen molar-refractivity contribution in [3.05, 3.63) is 59.2 Å². The molecule has 2 aromatic heterocycles. The molecular weight excluding hydrogens is 374 g/mol. The Morgan fingerprint density at radius 2 is 1.70 bits per heavy atom. The Morgan fingerprint density at radius 1 is 1.00 bits per heavy atom. The number of aromatic nitrogens is 3. The zero-order valence-corrected chi connectivity index (χ0v) is 14.6. The fourth-order valence-electron chi connectivity index (χ4n) is 2.31. The third-order valence-electron chi connectivity index (χ3n) is 3.52. The maximum atomic E-state index is 5.18. The van der Waals surface area contributed by atoms with Crippen molar-refractivity contribution < 1.29 is 4.74 Å². The monoisotopic (exact) mass is 385 g/mol. The molecule has 0 atom stereocenters. The van der Waals surface area contributed by atoms with Crippen molar-refractivity contribution in [1.29, 1.82) is 0 Å². The summed E-state index contributed by atoms with van der Waals surface area (Å²) in [4.78, 5) is 5.55. The van der Waals surface area contributed by atoms with E-state index >= 15 is 0 Å². The van der Waals surface area contributed by atoms with Crippen LogP contribution in [0.15, 0.2) is 59.2 Å². The summed E-state index contributed by atoms with van der Waals surface area (Å²) in [7, 11) is 1.66. The molecule has 2 heterocycles. The molecule has 4 rings (SSSR count). The Morgan fingerprint density at radius 3 is 2.35 bits per heavy atom. The zero-order chi connectivity index (χ0) is 15.8. The van der Waals surface area contributed by atoms with Crippen molar-refractivity contribution in [2.75, 3.05) is 7.11 Å². The second kappa shape index (κ2) is 5.79. The van der Waals surface area contributed by atoms with Gasteiger partial charge in [0.05, 0.1) is 19.0 Å². The van der Waals surface area contributed by atoms with Crippen molar-refractivity contribution >= 4 is 32.2 Å². The second-order valence-electron chi connectivity index (χ2n) is 5.00. The highest BCUT2D eigenvalue weighted by Crippen LogP contribution is 2.29. The number of hydrogen-bond donors (Lipinski definition) is 0. The second-order valence-corrected chi connectivity index (χ2v) is 6.87. The predicted molar refractivity (Wildman–Crippen MR) is 96.0 cm³/mol. The van der Waals surface area contributed by atoms with Gasteiger partial charge in [0.2, 0.25) is 4.96 Å². The van der Waals surface area contributed by atoms with E-state index < -0.39 is 0 Å². The molecule has 0 fully saturated rings. The summed E-state index contributed by atoms with van der Waals surface area (Å²) < 4.78 is 8.08. The van der Waals surface area contributed by atoms with Crippen molar-refractivity contribution in [3.8, 4) is 27.6 Å². The average Bonchev–Trinajstić information content (AvgIpc) is 3.14. The Kier molecular flexibility index (Phi) is 3.63. The van der Waals surface area contributed by atoms with Crippen molar-refractivity contribution in [1.82, 2.24) is 14.6 Å². The fourth-order valence-corrected chi connectivity index (χ4v) is 3.46. The summed E-state index contributed by atoms with van der Waals surface area (Å²) in [5.41, 5.74) is 3.05. The highest BCUT2D eigenvalue weighted by atomic mass is 79.9. The molecular formula is C17H12BrN3OS. The maximum absolute atomic E-state index is 5.18. The molecule has 0 aliphatic carbocycles. The van der Waals surface area contributed by atoms with Gasteiger partial charge in [-0.05, 0) is 36.4 Å². The van der Waals surface area contributed by atoms with Crippen LogP contribution in [0.5, 0.6) is 5.75 Å². The topological polar surface area (TPSA) is 39.4 Å². The van der Waals surface area contributed by atoms with Crippen molar-refractivity contribution in [3.63, 3.8) is 0 Å². The first-order chi connectivity index (χ1) is 11.2. The Bertz CT molecular complexity index is 926. The van der Waals surface area contributed by atoms with Gasteiger partial charge < -0.3 is 4.74 Å². The molecule has 0 unspecified atom stereocenters. The molecule has 6 heteroatoms. The Labute approximate surface area is 145 Å². The van der Waals surface area contributed by atoms with Gasteiger partial charge >= 0.3 is 0 Å². The van der Waals surface area contributed by atoms with Gasteiger partial charge in [-0.25, -0.2) is 9.50 Å². The van der Waals surface area contributed by atoms with E-state index in [-0.39, 0.29) is 0 Å². The number of methoxy groups -OCH3 is 1. The van der Waals surface area contributed by atoms with Crippen LogP contribution in [-0.4, -0.2) is 21.7 Å². The molecule has 0 saturated carbocycles. The number of halogens is 1. The van der Waals surface area contributed by atoms with E-state index in [1.165, 1.54) is 0 Å². The first kappa shape index (κ1) is 14.4. The van der Waals surface area contributed by atoms with Gasteiger partial charge in [0.1, 0.15) is 10.8 Å². The van der Waals surface area contributed by atoms with Crippen molar-refractivity contribution in [2.24, 2.45) is 0 Å². The number of fused-ring (bicyclic) bond motifs is 1. The first-order valence-electron chi connectivity index (χ1n) is 6.99. The summed E-state index contributed by atoms with van der Waals surface area (Å²) in [6.45, 7) is 0. The normalized spacial score (nSPS) is 11.0. The average molecular weight is 386 g/mol. The minimum Gasteiger partial charge on any atom is -0.497 e. The van der Waals surface area contributed by atoms with E-state index in [1.807, 2.05) is 59.2 Å². The maximum Gasteiger partial charge on any atom is 0.213 e. The largest absolute Gasteiger partial charge is 0.497 e. The van der Waals surface area contributed by atoms with E-state index in [9.17, 15) is 0 Å². The van der Waals surface area contributed by atoms with Crippen LogP contribution in [0.2, 0.25) is 0 Å². The molecule has 0 saturated heterocycles.